The van der Waals surface area contributed by atoms with E-state index in [0.717, 1.165) is 10.4 Å². The highest BCUT2D eigenvalue weighted by Gasteiger charge is 2.20. The third-order valence-electron chi connectivity index (χ3n) is 3.39. The minimum Gasteiger partial charge on any atom is -0.441 e. The van der Waals surface area contributed by atoms with Crippen molar-refractivity contribution in [3.8, 4) is 10.6 Å². The van der Waals surface area contributed by atoms with Crippen LogP contribution in [0.1, 0.15) is 24.3 Å². The molecule has 118 valence electrons. The Bertz CT molecular complexity index is 782. The molecule has 1 aromatic carbocycles. The summed E-state index contributed by atoms with van der Waals surface area (Å²) in [5.74, 6) is 0.543. The smallest absolute Gasteiger partial charge is 0.412 e. The third kappa shape index (κ3) is 3.43. The Morgan fingerprint density at radius 2 is 2.04 bits per heavy atom. The van der Waals surface area contributed by atoms with E-state index >= 15 is 0 Å². The molecule has 2 heterocycles. The molecule has 0 spiro atoms. The van der Waals surface area contributed by atoms with E-state index in [0.29, 0.717) is 17.1 Å². The highest BCUT2D eigenvalue weighted by molar-refractivity contribution is 7.13. The molecule has 1 atom stereocenters. The standard InChI is InChI=1S/C17H16N2O3S/c1-11-15(16(22-19-11)14-9-6-10-23-14)18-17(20)21-12(2)13-7-4-3-5-8-13/h3-10,12H,1-2H3,(H,18,20). The number of hydrogen-bond acceptors (Lipinski definition) is 5. The maximum Gasteiger partial charge on any atom is 0.412 e. The number of benzene rings is 1. The van der Waals surface area contributed by atoms with E-state index in [9.17, 15) is 4.79 Å². The van der Waals surface area contributed by atoms with Crippen LogP contribution >= 0.6 is 11.3 Å². The second-order valence-corrected chi connectivity index (χ2v) is 5.98. The van der Waals surface area contributed by atoms with Gasteiger partial charge in [0.05, 0.1) is 4.88 Å². The Kier molecular flexibility index (Phi) is 4.43. The zero-order valence-corrected chi connectivity index (χ0v) is 13.6. The Hall–Kier alpha value is -2.60. The number of nitrogens with zero attached hydrogens (tertiary/aromatic N) is 1. The van der Waals surface area contributed by atoms with Gasteiger partial charge in [-0.2, -0.15) is 0 Å². The molecule has 3 aromatic rings. The molecule has 1 amide bonds. The average Bonchev–Trinajstić information content (AvgIpc) is 3.19. The monoisotopic (exact) mass is 328 g/mol. The average molecular weight is 328 g/mol. The predicted molar refractivity (Wildman–Crippen MR) is 89.5 cm³/mol. The van der Waals surface area contributed by atoms with E-state index in [-0.39, 0.29) is 6.10 Å². The van der Waals surface area contributed by atoms with Gasteiger partial charge in [-0.25, -0.2) is 4.79 Å². The van der Waals surface area contributed by atoms with Crippen molar-refractivity contribution in [2.24, 2.45) is 0 Å². The van der Waals surface area contributed by atoms with Crippen LogP contribution in [0, 0.1) is 6.92 Å². The topological polar surface area (TPSA) is 64.4 Å². The minimum atomic E-state index is -0.537. The zero-order valence-electron chi connectivity index (χ0n) is 12.8. The first-order valence-electron chi connectivity index (χ1n) is 7.18. The second-order valence-electron chi connectivity index (χ2n) is 5.03. The first-order valence-corrected chi connectivity index (χ1v) is 8.06. The van der Waals surface area contributed by atoms with Gasteiger partial charge in [0.15, 0.2) is 0 Å². The van der Waals surface area contributed by atoms with Crippen molar-refractivity contribution >= 4 is 23.1 Å². The molecular weight excluding hydrogens is 312 g/mol. The van der Waals surface area contributed by atoms with E-state index in [1.807, 2.05) is 54.8 Å². The number of nitrogens with one attached hydrogen (secondary N) is 1. The Morgan fingerprint density at radius 1 is 1.26 bits per heavy atom. The normalized spacial score (nSPS) is 11.9. The van der Waals surface area contributed by atoms with Crippen molar-refractivity contribution < 1.29 is 14.1 Å². The van der Waals surface area contributed by atoms with E-state index in [1.165, 1.54) is 11.3 Å². The summed E-state index contributed by atoms with van der Waals surface area (Å²) in [6.45, 7) is 3.60. The number of hydrogen-bond donors (Lipinski definition) is 1. The summed E-state index contributed by atoms with van der Waals surface area (Å²) in [5, 5.41) is 8.60. The fraction of sp³-hybridized carbons (Fsp3) is 0.176. The largest absolute Gasteiger partial charge is 0.441 e. The molecule has 0 bridgehead atoms. The van der Waals surface area contributed by atoms with Gasteiger partial charge in [-0.3, -0.25) is 5.32 Å². The molecule has 0 radical (unpaired) electrons. The van der Waals surface area contributed by atoms with Crippen LogP contribution < -0.4 is 5.32 Å². The number of aryl methyl sites for hydroxylation is 1. The van der Waals surface area contributed by atoms with Gasteiger partial charge >= 0.3 is 6.09 Å². The van der Waals surface area contributed by atoms with Crippen molar-refractivity contribution in [3.63, 3.8) is 0 Å². The third-order valence-corrected chi connectivity index (χ3v) is 4.26. The molecule has 1 N–H and O–H groups in total. The van der Waals surface area contributed by atoms with Gasteiger partial charge in [-0.05, 0) is 30.9 Å². The lowest BCUT2D eigenvalue weighted by atomic mass is 10.1. The van der Waals surface area contributed by atoms with E-state index in [2.05, 4.69) is 10.5 Å². The van der Waals surface area contributed by atoms with Gasteiger partial charge in [0.25, 0.3) is 0 Å². The number of carbonyl (C=O) groups excluding carboxylic acids is 1. The summed E-state index contributed by atoms with van der Waals surface area (Å²) in [6.07, 6.45) is -0.882. The van der Waals surface area contributed by atoms with Crippen LogP contribution in [0.4, 0.5) is 10.5 Å². The lowest BCUT2D eigenvalue weighted by molar-refractivity contribution is 0.121. The van der Waals surface area contributed by atoms with Gasteiger partial charge in [-0.1, -0.05) is 41.6 Å². The number of rotatable bonds is 4. The Labute approximate surface area is 137 Å². The number of amides is 1. The molecule has 0 aliphatic carbocycles. The fourth-order valence-corrected chi connectivity index (χ4v) is 2.88. The van der Waals surface area contributed by atoms with Crippen LogP contribution in [-0.2, 0) is 4.74 Å². The number of aromatic nitrogens is 1. The molecule has 3 rings (SSSR count). The highest BCUT2D eigenvalue weighted by Crippen LogP contribution is 2.34. The fourth-order valence-electron chi connectivity index (χ4n) is 2.18. The first kappa shape index (κ1) is 15.3. The molecule has 5 nitrogen and oxygen atoms in total. The van der Waals surface area contributed by atoms with Crippen molar-refractivity contribution in [1.82, 2.24) is 5.16 Å². The maximum absolute atomic E-state index is 12.2. The lowest BCUT2D eigenvalue weighted by Gasteiger charge is -2.14. The van der Waals surface area contributed by atoms with Gasteiger partial charge in [-0.15, -0.1) is 11.3 Å². The van der Waals surface area contributed by atoms with Gasteiger partial charge in [0.2, 0.25) is 5.76 Å². The minimum absolute atomic E-state index is 0.346. The first-order chi connectivity index (χ1) is 11.1. The summed E-state index contributed by atoms with van der Waals surface area (Å²) in [4.78, 5) is 13.1. The van der Waals surface area contributed by atoms with Crippen molar-refractivity contribution in [1.29, 1.82) is 0 Å². The van der Waals surface area contributed by atoms with Crippen LogP contribution in [0.25, 0.3) is 10.6 Å². The van der Waals surface area contributed by atoms with Gasteiger partial charge in [0.1, 0.15) is 17.5 Å². The summed E-state index contributed by atoms with van der Waals surface area (Å²) in [6, 6.07) is 13.4. The number of carbonyl (C=O) groups is 1. The van der Waals surface area contributed by atoms with Crippen molar-refractivity contribution in [3.05, 3.63) is 59.1 Å². The lowest BCUT2D eigenvalue weighted by Crippen LogP contribution is -2.16. The van der Waals surface area contributed by atoms with Crippen LogP contribution in [0.5, 0.6) is 0 Å². The Balaban J connectivity index is 1.73. The molecule has 0 aliphatic heterocycles. The molecule has 0 saturated carbocycles. The maximum atomic E-state index is 12.2. The molecule has 23 heavy (non-hydrogen) atoms. The predicted octanol–water partition coefficient (Wildman–Crippen LogP) is 5.02. The van der Waals surface area contributed by atoms with E-state index < -0.39 is 6.09 Å². The number of ether oxygens (including phenoxy) is 1. The summed E-state index contributed by atoms with van der Waals surface area (Å²) >= 11 is 1.52. The quantitative estimate of drug-likeness (QED) is 0.730. The molecule has 2 aromatic heterocycles. The van der Waals surface area contributed by atoms with Crippen molar-refractivity contribution in [2.75, 3.05) is 5.32 Å². The molecule has 0 aliphatic rings. The number of thiophene rings is 1. The Morgan fingerprint density at radius 3 is 2.74 bits per heavy atom. The van der Waals surface area contributed by atoms with Crippen LogP contribution in [0.2, 0.25) is 0 Å². The van der Waals surface area contributed by atoms with E-state index in [4.69, 9.17) is 9.26 Å². The molecular formula is C17H16N2O3S. The van der Waals surface area contributed by atoms with Crippen molar-refractivity contribution in [2.45, 2.75) is 20.0 Å². The van der Waals surface area contributed by atoms with Crippen LogP contribution in [0.15, 0.2) is 52.4 Å². The molecule has 0 saturated heterocycles. The second kappa shape index (κ2) is 6.66. The molecule has 1 unspecified atom stereocenters. The summed E-state index contributed by atoms with van der Waals surface area (Å²) in [5.41, 5.74) is 2.08. The van der Waals surface area contributed by atoms with Crippen LogP contribution in [-0.4, -0.2) is 11.2 Å². The molecule has 0 fully saturated rings. The number of anilines is 1. The highest BCUT2D eigenvalue weighted by atomic mass is 32.1. The summed E-state index contributed by atoms with van der Waals surface area (Å²) < 4.78 is 10.7. The van der Waals surface area contributed by atoms with Gasteiger partial charge in [0, 0.05) is 0 Å². The van der Waals surface area contributed by atoms with E-state index in [1.54, 1.807) is 6.92 Å². The summed E-state index contributed by atoms with van der Waals surface area (Å²) in [7, 11) is 0. The molecule has 6 heteroatoms. The zero-order chi connectivity index (χ0) is 16.2. The van der Waals surface area contributed by atoms with Gasteiger partial charge < -0.3 is 9.26 Å². The van der Waals surface area contributed by atoms with Crippen LogP contribution in [0.3, 0.4) is 0 Å². The SMILES string of the molecule is Cc1noc(-c2cccs2)c1NC(=O)OC(C)c1ccccc1.